The molecule has 2 aromatic carbocycles. The highest BCUT2D eigenvalue weighted by molar-refractivity contribution is 6.30. The maximum atomic E-state index is 12.7. The summed E-state index contributed by atoms with van der Waals surface area (Å²) in [6, 6.07) is 17.1. The molecule has 0 unspecified atom stereocenters. The van der Waals surface area contributed by atoms with Crippen LogP contribution in [0, 0.1) is 6.92 Å². The molecule has 0 saturated heterocycles. The van der Waals surface area contributed by atoms with E-state index in [1.54, 1.807) is 13.2 Å². The predicted octanol–water partition coefficient (Wildman–Crippen LogP) is 5.08. The Labute approximate surface area is 158 Å². The van der Waals surface area contributed by atoms with Gasteiger partial charge in [0.1, 0.15) is 5.75 Å². The van der Waals surface area contributed by atoms with Gasteiger partial charge in [-0.15, -0.1) is 0 Å². The summed E-state index contributed by atoms with van der Waals surface area (Å²) in [5.41, 5.74) is 2.76. The van der Waals surface area contributed by atoms with E-state index in [4.69, 9.17) is 16.3 Å². The van der Waals surface area contributed by atoms with Gasteiger partial charge in [-0.05, 0) is 60.5 Å². The molecule has 4 nitrogen and oxygen atoms in total. The first-order valence-electron chi connectivity index (χ1n) is 8.39. The summed E-state index contributed by atoms with van der Waals surface area (Å²) in [7, 11) is 1.64. The zero-order chi connectivity index (χ0) is 18.5. The molecule has 26 heavy (non-hydrogen) atoms. The number of methoxy groups -OCH3 is 1. The number of benzene rings is 2. The fraction of sp³-hybridized carbons (Fsp3) is 0.190. The zero-order valence-corrected chi connectivity index (χ0v) is 15.5. The third kappa shape index (κ3) is 4.27. The molecule has 1 aromatic heterocycles. The van der Waals surface area contributed by atoms with Crippen molar-refractivity contribution in [1.29, 1.82) is 0 Å². The number of ether oxygens (including phenoxy) is 1. The van der Waals surface area contributed by atoms with Crippen LogP contribution in [0.3, 0.4) is 0 Å². The van der Waals surface area contributed by atoms with Gasteiger partial charge in [0, 0.05) is 23.1 Å². The molecular weight excluding hydrogens is 348 g/mol. The van der Waals surface area contributed by atoms with Crippen molar-refractivity contribution in [3.05, 3.63) is 83.1 Å². The fourth-order valence-electron chi connectivity index (χ4n) is 2.92. The van der Waals surface area contributed by atoms with Gasteiger partial charge in [-0.3, -0.25) is 4.79 Å². The number of aromatic nitrogens is 1. The second-order valence-corrected chi connectivity index (χ2v) is 6.57. The molecule has 5 heteroatoms. The second kappa shape index (κ2) is 8.11. The molecule has 3 rings (SSSR count). The first-order chi connectivity index (χ1) is 12.6. The molecule has 0 radical (unpaired) electrons. The van der Waals surface area contributed by atoms with E-state index < -0.39 is 0 Å². The van der Waals surface area contributed by atoms with Gasteiger partial charge in [0.05, 0.1) is 19.6 Å². The van der Waals surface area contributed by atoms with Crippen molar-refractivity contribution in [1.82, 2.24) is 4.57 Å². The van der Waals surface area contributed by atoms with Gasteiger partial charge in [0.25, 0.3) is 0 Å². The quantitative estimate of drug-likeness (QED) is 0.659. The maximum absolute atomic E-state index is 12.7. The molecule has 1 heterocycles. The Balaban J connectivity index is 1.80. The average molecular weight is 369 g/mol. The second-order valence-electron chi connectivity index (χ2n) is 6.13. The van der Waals surface area contributed by atoms with Crippen LogP contribution in [0.4, 0.5) is 5.69 Å². The maximum Gasteiger partial charge on any atom is 0.226 e. The van der Waals surface area contributed by atoms with Crippen LogP contribution in [0.1, 0.15) is 23.6 Å². The van der Waals surface area contributed by atoms with Crippen LogP contribution < -0.4 is 10.1 Å². The molecule has 1 amide bonds. The Kier molecular flexibility index (Phi) is 5.64. The van der Waals surface area contributed by atoms with Crippen molar-refractivity contribution < 1.29 is 9.53 Å². The molecule has 3 aromatic rings. The predicted molar refractivity (Wildman–Crippen MR) is 105 cm³/mol. The van der Waals surface area contributed by atoms with E-state index in [-0.39, 0.29) is 11.9 Å². The fourth-order valence-corrected chi connectivity index (χ4v) is 3.15. The summed E-state index contributed by atoms with van der Waals surface area (Å²) in [6.45, 7) is 1.92. The molecular formula is C21H21ClN2O2. The number of carbonyl (C=O) groups is 1. The Hall–Kier alpha value is -2.72. The molecule has 1 N–H and O–H groups in total. The highest BCUT2D eigenvalue weighted by Gasteiger charge is 2.18. The minimum absolute atomic E-state index is 0.0510. The number of nitrogens with one attached hydrogen (secondary N) is 1. The van der Waals surface area contributed by atoms with E-state index in [9.17, 15) is 4.79 Å². The Bertz CT molecular complexity index is 874. The smallest absolute Gasteiger partial charge is 0.226 e. The van der Waals surface area contributed by atoms with Crippen LogP contribution in [-0.2, 0) is 4.79 Å². The number of anilines is 1. The van der Waals surface area contributed by atoms with Crippen LogP contribution in [0.5, 0.6) is 5.75 Å². The van der Waals surface area contributed by atoms with Crippen molar-refractivity contribution in [2.75, 3.05) is 12.4 Å². The van der Waals surface area contributed by atoms with Crippen molar-refractivity contribution in [2.45, 2.75) is 19.4 Å². The molecule has 134 valence electrons. The lowest BCUT2D eigenvalue weighted by Gasteiger charge is -2.20. The summed E-state index contributed by atoms with van der Waals surface area (Å²) >= 11 is 5.98. The van der Waals surface area contributed by atoms with Crippen LogP contribution in [0.15, 0.2) is 67.0 Å². The van der Waals surface area contributed by atoms with Gasteiger partial charge in [0.15, 0.2) is 0 Å². The van der Waals surface area contributed by atoms with Gasteiger partial charge >= 0.3 is 0 Å². The van der Waals surface area contributed by atoms with E-state index in [1.807, 2.05) is 72.4 Å². The molecule has 0 spiro atoms. The Morgan fingerprint density at radius 3 is 2.46 bits per heavy atom. The lowest BCUT2D eigenvalue weighted by atomic mass is 10.0. The van der Waals surface area contributed by atoms with E-state index in [2.05, 4.69) is 5.32 Å². The highest BCUT2D eigenvalue weighted by Crippen LogP contribution is 2.26. The van der Waals surface area contributed by atoms with Crippen molar-refractivity contribution in [3.8, 4) is 5.75 Å². The standard InChI is InChI=1S/C21H21ClN2O2/c1-15-13-17(22)7-10-19(15)23-21(25)14-20(24-11-3-4-12-24)16-5-8-18(26-2)9-6-16/h3-13,20H,14H2,1-2H3,(H,23,25)/t20-/m0/s1. The minimum atomic E-state index is -0.0940. The minimum Gasteiger partial charge on any atom is -0.497 e. The van der Waals surface area contributed by atoms with Crippen LogP contribution in [0.2, 0.25) is 5.02 Å². The number of carbonyl (C=O) groups excluding carboxylic acids is 1. The van der Waals surface area contributed by atoms with Crippen molar-refractivity contribution >= 4 is 23.2 Å². The molecule has 0 bridgehead atoms. The molecule has 0 fully saturated rings. The normalized spacial score (nSPS) is 11.8. The highest BCUT2D eigenvalue weighted by atomic mass is 35.5. The number of rotatable bonds is 6. The van der Waals surface area contributed by atoms with Crippen molar-refractivity contribution in [2.24, 2.45) is 0 Å². The van der Waals surface area contributed by atoms with Crippen LogP contribution in [-0.4, -0.2) is 17.6 Å². The number of halogens is 1. The Morgan fingerprint density at radius 2 is 1.85 bits per heavy atom. The molecule has 1 atom stereocenters. The molecule has 0 aliphatic rings. The summed E-state index contributed by atoms with van der Waals surface area (Å²) in [4.78, 5) is 12.7. The lowest BCUT2D eigenvalue weighted by molar-refractivity contribution is -0.116. The topological polar surface area (TPSA) is 43.3 Å². The monoisotopic (exact) mass is 368 g/mol. The number of amides is 1. The Morgan fingerprint density at radius 1 is 1.15 bits per heavy atom. The lowest BCUT2D eigenvalue weighted by Crippen LogP contribution is -2.20. The summed E-state index contributed by atoms with van der Waals surface area (Å²) < 4.78 is 7.26. The number of hydrogen-bond acceptors (Lipinski definition) is 2. The van der Waals surface area contributed by atoms with E-state index >= 15 is 0 Å². The number of hydrogen-bond donors (Lipinski definition) is 1. The third-order valence-corrected chi connectivity index (χ3v) is 4.56. The van der Waals surface area contributed by atoms with Crippen molar-refractivity contribution in [3.63, 3.8) is 0 Å². The van der Waals surface area contributed by atoms with Crippen LogP contribution in [0.25, 0.3) is 0 Å². The van der Waals surface area contributed by atoms with Gasteiger partial charge in [-0.2, -0.15) is 0 Å². The van der Waals surface area contributed by atoms with E-state index in [0.717, 1.165) is 22.6 Å². The molecule has 0 aliphatic heterocycles. The number of nitrogens with zero attached hydrogens (tertiary/aromatic N) is 1. The first-order valence-corrected chi connectivity index (χ1v) is 8.77. The van der Waals surface area contributed by atoms with Gasteiger partial charge in [-0.1, -0.05) is 23.7 Å². The summed E-state index contributed by atoms with van der Waals surface area (Å²) in [5.74, 6) is 0.742. The average Bonchev–Trinajstić information content (AvgIpc) is 3.17. The molecule has 0 aliphatic carbocycles. The van der Waals surface area contributed by atoms with E-state index in [0.29, 0.717) is 11.4 Å². The van der Waals surface area contributed by atoms with Gasteiger partial charge < -0.3 is 14.6 Å². The van der Waals surface area contributed by atoms with E-state index in [1.165, 1.54) is 0 Å². The number of aryl methyl sites for hydroxylation is 1. The first kappa shape index (κ1) is 18.1. The van der Waals surface area contributed by atoms with Gasteiger partial charge in [0.2, 0.25) is 5.91 Å². The van der Waals surface area contributed by atoms with Crippen LogP contribution >= 0.6 is 11.6 Å². The SMILES string of the molecule is COc1ccc([C@H](CC(=O)Nc2ccc(Cl)cc2C)n2cccc2)cc1. The van der Waals surface area contributed by atoms with Gasteiger partial charge in [-0.25, -0.2) is 0 Å². The summed E-state index contributed by atoms with van der Waals surface area (Å²) in [6.07, 6.45) is 4.26. The largest absolute Gasteiger partial charge is 0.497 e. The summed E-state index contributed by atoms with van der Waals surface area (Å²) in [5, 5.41) is 3.64. The third-order valence-electron chi connectivity index (χ3n) is 4.33. The zero-order valence-electron chi connectivity index (χ0n) is 14.8. The molecule has 0 saturated carbocycles.